The van der Waals surface area contributed by atoms with Crippen LogP contribution >= 0.6 is 0 Å². The largest absolute Gasteiger partial charge is 0.449 e. The Morgan fingerprint density at radius 1 is 1.26 bits per heavy atom. The van der Waals surface area contributed by atoms with Crippen molar-refractivity contribution in [2.75, 3.05) is 6.61 Å². The van der Waals surface area contributed by atoms with Gasteiger partial charge >= 0.3 is 6.09 Å². The third kappa shape index (κ3) is 2.80. The van der Waals surface area contributed by atoms with Gasteiger partial charge in [0, 0.05) is 6.20 Å². The van der Waals surface area contributed by atoms with Gasteiger partial charge in [0.2, 0.25) is 0 Å². The maximum atomic E-state index is 12.0. The Morgan fingerprint density at radius 3 is 2.89 bits per heavy atom. The van der Waals surface area contributed by atoms with Crippen LogP contribution in [0, 0.1) is 5.92 Å². The van der Waals surface area contributed by atoms with Gasteiger partial charge < -0.3 is 4.74 Å². The lowest BCUT2D eigenvalue weighted by Gasteiger charge is -2.23. The summed E-state index contributed by atoms with van der Waals surface area (Å²) in [5, 5.41) is 0. The van der Waals surface area contributed by atoms with E-state index >= 15 is 0 Å². The van der Waals surface area contributed by atoms with Gasteiger partial charge in [0.25, 0.3) is 0 Å². The van der Waals surface area contributed by atoms with E-state index in [1.807, 2.05) is 24.4 Å². The Balaban J connectivity index is 1.57. The van der Waals surface area contributed by atoms with Crippen LogP contribution < -0.4 is 0 Å². The number of amides is 1. The number of carbonyl (C=O) groups excluding carboxylic acids is 1. The molecule has 100 valence electrons. The van der Waals surface area contributed by atoms with E-state index in [1.165, 1.54) is 36.8 Å². The Bertz CT molecular complexity index is 489. The average molecular weight is 257 g/mol. The first-order valence-corrected chi connectivity index (χ1v) is 7.02. The van der Waals surface area contributed by atoms with Crippen molar-refractivity contribution in [1.29, 1.82) is 0 Å². The van der Waals surface area contributed by atoms with Gasteiger partial charge in [0.1, 0.15) is 0 Å². The zero-order valence-corrected chi connectivity index (χ0v) is 11.0. The van der Waals surface area contributed by atoms with Crippen molar-refractivity contribution in [3.63, 3.8) is 0 Å². The summed E-state index contributed by atoms with van der Waals surface area (Å²) in [5.41, 5.74) is 2.35. The van der Waals surface area contributed by atoms with Crippen LogP contribution in [0.5, 0.6) is 0 Å². The number of carbonyl (C=O) groups is 1. The fourth-order valence-corrected chi connectivity index (χ4v) is 2.82. The number of benzene rings is 1. The second kappa shape index (κ2) is 5.47. The Labute approximate surface area is 113 Å². The minimum atomic E-state index is -0.224. The van der Waals surface area contributed by atoms with Crippen LogP contribution in [0.4, 0.5) is 4.79 Å². The van der Waals surface area contributed by atoms with Gasteiger partial charge in [0.15, 0.2) is 0 Å². The third-order valence-corrected chi connectivity index (χ3v) is 3.98. The predicted octanol–water partition coefficient (Wildman–Crippen LogP) is 3.80. The first kappa shape index (κ1) is 12.3. The number of nitrogens with zero attached hydrogens (tertiary/aromatic N) is 1. The highest BCUT2D eigenvalue weighted by Gasteiger charge is 2.21. The molecular weight excluding hydrogens is 238 g/mol. The fraction of sp³-hybridized carbons (Fsp3) is 0.438. The highest BCUT2D eigenvalue weighted by Crippen LogP contribution is 2.25. The van der Waals surface area contributed by atoms with Gasteiger partial charge in [-0.25, -0.2) is 4.79 Å². The monoisotopic (exact) mass is 257 g/mol. The van der Waals surface area contributed by atoms with E-state index in [0.717, 1.165) is 0 Å². The molecule has 2 aliphatic rings. The first-order chi connectivity index (χ1) is 9.33. The molecule has 1 heterocycles. The normalized spacial score (nSPS) is 18.4. The lowest BCUT2D eigenvalue weighted by molar-refractivity contribution is 0.0993. The summed E-state index contributed by atoms with van der Waals surface area (Å²) < 4.78 is 5.42. The summed E-state index contributed by atoms with van der Waals surface area (Å²) in [4.78, 5) is 13.7. The minimum Gasteiger partial charge on any atom is -0.449 e. The molecule has 1 saturated carbocycles. The molecule has 1 aromatic carbocycles. The molecule has 0 radical (unpaired) electrons. The molecule has 0 bridgehead atoms. The highest BCUT2D eigenvalue weighted by atomic mass is 16.6. The average Bonchev–Trinajstić information content (AvgIpc) is 2.97. The van der Waals surface area contributed by atoms with Crippen LogP contribution in [0.1, 0.15) is 36.8 Å². The Hall–Kier alpha value is -1.77. The zero-order chi connectivity index (χ0) is 13.1. The molecule has 3 nitrogen and oxygen atoms in total. The van der Waals surface area contributed by atoms with E-state index in [4.69, 9.17) is 4.74 Å². The van der Waals surface area contributed by atoms with Crippen molar-refractivity contribution in [3.8, 4) is 0 Å². The molecule has 3 heteroatoms. The lowest BCUT2D eigenvalue weighted by Crippen LogP contribution is -2.29. The van der Waals surface area contributed by atoms with Crippen molar-refractivity contribution in [3.05, 3.63) is 41.6 Å². The molecule has 0 spiro atoms. The maximum absolute atomic E-state index is 12.0. The van der Waals surface area contributed by atoms with Crippen molar-refractivity contribution < 1.29 is 9.53 Å². The fourth-order valence-electron chi connectivity index (χ4n) is 2.82. The van der Waals surface area contributed by atoms with Crippen LogP contribution in [0.15, 0.2) is 30.5 Å². The molecule has 0 N–H and O–H groups in total. The van der Waals surface area contributed by atoms with Gasteiger partial charge in [-0.3, -0.25) is 4.90 Å². The molecule has 1 aromatic rings. The van der Waals surface area contributed by atoms with Crippen LogP contribution in [0.2, 0.25) is 0 Å². The van der Waals surface area contributed by atoms with Crippen molar-refractivity contribution >= 4 is 12.2 Å². The SMILES string of the molecule is O=C(OCC1CCCC1)N1C=Cc2ccccc2C1. The standard InChI is InChI=1S/C16H19NO2/c18-16(19-12-13-5-1-2-6-13)17-10-9-14-7-3-4-8-15(14)11-17/h3-4,7-10,13H,1-2,5-6,11-12H2. The van der Waals surface area contributed by atoms with Crippen LogP contribution in [0.3, 0.4) is 0 Å². The van der Waals surface area contributed by atoms with Crippen molar-refractivity contribution in [2.45, 2.75) is 32.2 Å². The van der Waals surface area contributed by atoms with Gasteiger partial charge in [0.05, 0.1) is 13.2 Å². The molecule has 19 heavy (non-hydrogen) atoms. The van der Waals surface area contributed by atoms with Gasteiger partial charge in [-0.15, -0.1) is 0 Å². The smallest absolute Gasteiger partial charge is 0.414 e. The maximum Gasteiger partial charge on any atom is 0.414 e. The predicted molar refractivity (Wildman–Crippen MR) is 74.3 cm³/mol. The van der Waals surface area contributed by atoms with E-state index in [0.29, 0.717) is 19.1 Å². The number of hydrogen-bond acceptors (Lipinski definition) is 2. The Morgan fingerprint density at radius 2 is 2.05 bits per heavy atom. The van der Waals surface area contributed by atoms with E-state index in [1.54, 1.807) is 4.90 Å². The number of ether oxygens (including phenoxy) is 1. The molecule has 1 amide bonds. The van der Waals surface area contributed by atoms with E-state index in [-0.39, 0.29) is 6.09 Å². The summed E-state index contributed by atoms with van der Waals surface area (Å²) >= 11 is 0. The summed E-state index contributed by atoms with van der Waals surface area (Å²) in [6.45, 7) is 1.18. The van der Waals surface area contributed by atoms with Crippen LogP contribution in [0.25, 0.3) is 6.08 Å². The number of rotatable bonds is 2. The van der Waals surface area contributed by atoms with E-state index in [9.17, 15) is 4.79 Å². The number of hydrogen-bond donors (Lipinski definition) is 0. The number of fused-ring (bicyclic) bond motifs is 1. The molecular formula is C16H19NO2. The van der Waals surface area contributed by atoms with Gasteiger partial charge in [-0.1, -0.05) is 37.1 Å². The lowest BCUT2D eigenvalue weighted by atomic mass is 10.1. The molecule has 0 unspecified atom stereocenters. The second-order valence-corrected chi connectivity index (χ2v) is 5.37. The molecule has 1 aliphatic carbocycles. The topological polar surface area (TPSA) is 29.5 Å². The second-order valence-electron chi connectivity index (χ2n) is 5.37. The highest BCUT2D eigenvalue weighted by molar-refractivity contribution is 5.72. The van der Waals surface area contributed by atoms with Gasteiger partial charge in [-0.2, -0.15) is 0 Å². The molecule has 0 saturated heterocycles. The molecule has 1 fully saturated rings. The third-order valence-electron chi connectivity index (χ3n) is 3.98. The Kier molecular flexibility index (Phi) is 3.53. The zero-order valence-electron chi connectivity index (χ0n) is 11.0. The summed E-state index contributed by atoms with van der Waals surface area (Å²) in [6, 6.07) is 8.13. The summed E-state index contributed by atoms with van der Waals surface area (Å²) in [6.07, 6.45) is 8.52. The van der Waals surface area contributed by atoms with Gasteiger partial charge in [-0.05, 0) is 36.0 Å². The minimum absolute atomic E-state index is 0.224. The van der Waals surface area contributed by atoms with Crippen LogP contribution in [-0.4, -0.2) is 17.6 Å². The molecule has 0 aromatic heterocycles. The molecule has 3 rings (SSSR count). The van der Waals surface area contributed by atoms with E-state index < -0.39 is 0 Å². The van der Waals surface area contributed by atoms with E-state index in [2.05, 4.69) is 12.1 Å². The van der Waals surface area contributed by atoms with Crippen LogP contribution in [-0.2, 0) is 11.3 Å². The quantitative estimate of drug-likeness (QED) is 0.806. The molecule has 1 aliphatic heterocycles. The van der Waals surface area contributed by atoms with Crippen molar-refractivity contribution in [2.24, 2.45) is 5.92 Å². The first-order valence-electron chi connectivity index (χ1n) is 7.02. The summed E-state index contributed by atoms with van der Waals surface area (Å²) in [5.74, 6) is 0.574. The molecule has 0 atom stereocenters. The van der Waals surface area contributed by atoms with Crippen molar-refractivity contribution in [1.82, 2.24) is 4.90 Å². The summed E-state index contributed by atoms with van der Waals surface area (Å²) in [7, 11) is 0.